The zero-order chi connectivity index (χ0) is 21.5. The molecule has 1 aliphatic heterocycles. The van der Waals surface area contributed by atoms with Crippen molar-refractivity contribution in [1.82, 2.24) is 10.2 Å². The SMILES string of the molecule is Cc1cccc(C)c1OCCCC(=O)N1CCC(NC(=O)c2ccccc2O)CC1. The average molecular weight is 411 g/mol. The highest BCUT2D eigenvalue weighted by atomic mass is 16.5. The highest BCUT2D eigenvalue weighted by molar-refractivity contribution is 5.96. The van der Waals surface area contributed by atoms with E-state index in [2.05, 4.69) is 5.32 Å². The van der Waals surface area contributed by atoms with Gasteiger partial charge in [0.1, 0.15) is 11.5 Å². The first kappa shape index (κ1) is 21.7. The normalized spacial score (nSPS) is 14.4. The third-order valence-electron chi connectivity index (χ3n) is 5.52. The predicted octanol–water partition coefficient (Wildman–Crippen LogP) is 3.59. The number of phenolic OH excluding ortho intramolecular Hbond substituents is 1. The zero-order valence-electron chi connectivity index (χ0n) is 17.7. The molecule has 6 nitrogen and oxygen atoms in total. The Bertz CT molecular complexity index is 868. The monoisotopic (exact) mass is 410 g/mol. The number of ether oxygens (including phenoxy) is 1. The fourth-order valence-electron chi connectivity index (χ4n) is 3.78. The second-order valence-corrected chi connectivity index (χ2v) is 7.82. The first-order valence-corrected chi connectivity index (χ1v) is 10.5. The van der Waals surface area contributed by atoms with Gasteiger partial charge in [-0.3, -0.25) is 9.59 Å². The smallest absolute Gasteiger partial charge is 0.255 e. The molecule has 0 bridgehead atoms. The van der Waals surface area contributed by atoms with Crippen LogP contribution in [0, 0.1) is 13.8 Å². The third-order valence-corrected chi connectivity index (χ3v) is 5.52. The number of nitrogens with one attached hydrogen (secondary N) is 1. The van der Waals surface area contributed by atoms with Crippen LogP contribution in [0.2, 0.25) is 0 Å². The van der Waals surface area contributed by atoms with Crippen molar-refractivity contribution in [2.24, 2.45) is 0 Å². The number of hydrogen-bond acceptors (Lipinski definition) is 4. The number of carbonyl (C=O) groups is 2. The van der Waals surface area contributed by atoms with Crippen LogP contribution in [0.4, 0.5) is 0 Å². The maximum Gasteiger partial charge on any atom is 0.255 e. The van der Waals surface area contributed by atoms with Gasteiger partial charge in [-0.2, -0.15) is 0 Å². The van der Waals surface area contributed by atoms with E-state index in [9.17, 15) is 14.7 Å². The van der Waals surface area contributed by atoms with Crippen molar-refractivity contribution < 1.29 is 19.4 Å². The van der Waals surface area contributed by atoms with Gasteiger partial charge in [0.2, 0.25) is 5.91 Å². The fraction of sp³-hybridized carbons (Fsp3) is 0.417. The molecule has 0 spiro atoms. The Morgan fingerprint density at radius 3 is 2.40 bits per heavy atom. The number of benzene rings is 2. The van der Waals surface area contributed by atoms with Gasteiger partial charge in [0.25, 0.3) is 5.91 Å². The van der Waals surface area contributed by atoms with Crippen molar-refractivity contribution >= 4 is 11.8 Å². The van der Waals surface area contributed by atoms with Gasteiger partial charge in [0.15, 0.2) is 0 Å². The number of rotatable bonds is 7. The second-order valence-electron chi connectivity index (χ2n) is 7.82. The van der Waals surface area contributed by atoms with Gasteiger partial charge >= 0.3 is 0 Å². The van der Waals surface area contributed by atoms with Crippen molar-refractivity contribution in [3.63, 3.8) is 0 Å². The first-order valence-electron chi connectivity index (χ1n) is 10.5. The quantitative estimate of drug-likeness (QED) is 0.684. The van der Waals surface area contributed by atoms with E-state index in [0.29, 0.717) is 45.4 Å². The fourth-order valence-corrected chi connectivity index (χ4v) is 3.78. The molecule has 3 rings (SSSR count). The summed E-state index contributed by atoms with van der Waals surface area (Å²) < 4.78 is 5.88. The van der Waals surface area contributed by atoms with E-state index >= 15 is 0 Å². The number of carbonyl (C=O) groups excluding carboxylic acids is 2. The molecular formula is C24H30N2O4. The van der Waals surface area contributed by atoms with Crippen molar-refractivity contribution in [2.45, 2.75) is 45.6 Å². The highest BCUT2D eigenvalue weighted by Gasteiger charge is 2.24. The summed E-state index contributed by atoms with van der Waals surface area (Å²) >= 11 is 0. The Kier molecular flexibility index (Phi) is 7.33. The van der Waals surface area contributed by atoms with Gasteiger partial charge in [0, 0.05) is 25.6 Å². The minimum absolute atomic E-state index is 0.00789. The Morgan fingerprint density at radius 2 is 1.73 bits per heavy atom. The number of piperidine rings is 1. The number of aromatic hydroxyl groups is 1. The van der Waals surface area contributed by atoms with E-state index in [1.165, 1.54) is 6.07 Å². The molecule has 0 unspecified atom stereocenters. The maximum atomic E-state index is 12.5. The van der Waals surface area contributed by atoms with Gasteiger partial charge < -0.3 is 20.1 Å². The summed E-state index contributed by atoms with van der Waals surface area (Å²) in [4.78, 5) is 26.7. The van der Waals surface area contributed by atoms with Crippen LogP contribution in [0.25, 0.3) is 0 Å². The Hall–Kier alpha value is -3.02. The molecule has 1 fully saturated rings. The Morgan fingerprint density at radius 1 is 1.07 bits per heavy atom. The summed E-state index contributed by atoms with van der Waals surface area (Å²) in [5.74, 6) is 0.740. The van der Waals surface area contributed by atoms with Crippen LogP contribution < -0.4 is 10.1 Å². The molecular weight excluding hydrogens is 380 g/mol. The van der Waals surface area contributed by atoms with E-state index in [1.54, 1.807) is 18.2 Å². The molecule has 6 heteroatoms. The molecule has 0 aromatic heterocycles. The standard InChI is InChI=1S/C24H30N2O4/c1-17-7-5-8-18(2)23(17)30-16-6-11-22(28)26-14-12-19(13-15-26)25-24(29)20-9-3-4-10-21(20)27/h3-5,7-10,19,27H,6,11-16H2,1-2H3,(H,25,29). The molecule has 1 heterocycles. The predicted molar refractivity (Wildman–Crippen MR) is 116 cm³/mol. The van der Waals surface area contributed by atoms with E-state index in [1.807, 2.05) is 36.9 Å². The molecule has 160 valence electrons. The molecule has 2 aromatic rings. The average Bonchev–Trinajstić information content (AvgIpc) is 2.73. The Labute approximate surface area is 177 Å². The molecule has 1 saturated heterocycles. The molecule has 0 aliphatic carbocycles. The van der Waals surface area contributed by atoms with Gasteiger partial charge in [0.05, 0.1) is 12.2 Å². The molecule has 1 aliphatic rings. The number of nitrogens with zero attached hydrogens (tertiary/aromatic N) is 1. The molecule has 2 aromatic carbocycles. The number of amides is 2. The van der Waals surface area contributed by atoms with Crippen LogP contribution in [0.15, 0.2) is 42.5 Å². The van der Waals surface area contributed by atoms with Crippen LogP contribution in [0.5, 0.6) is 11.5 Å². The number of para-hydroxylation sites is 2. The minimum atomic E-state index is -0.276. The van der Waals surface area contributed by atoms with E-state index < -0.39 is 0 Å². The summed E-state index contributed by atoms with van der Waals surface area (Å²) in [5.41, 5.74) is 2.49. The number of aryl methyl sites for hydroxylation is 2. The second kappa shape index (κ2) is 10.1. The summed E-state index contributed by atoms with van der Waals surface area (Å²) in [6.07, 6.45) is 2.56. The molecule has 0 saturated carbocycles. The lowest BCUT2D eigenvalue weighted by Crippen LogP contribution is -2.46. The summed E-state index contributed by atoms with van der Waals surface area (Å²) in [7, 11) is 0. The molecule has 0 atom stereocenters. The van der Waals surface area contributed by atoms with Gasteiger partial charge in [-0.15, -0.1) is 0 Å². The molecule has 0 radical (unpaired) electrons. The molecule has 30 heavy (non-hydrogen) atoms. The summed E-state index contributed by atoms with van der Waals surface area (Å²) in [6.45, 7) is 5.82. The van der Waals surface area contributed by atoms with Crippen molar-refractivity contribution in [2.75, 3.05) is 19.7 Å². The van der Waals surface area contributed by atoms with Gasteiger partial charge in [-0.25, -0.2) is 0 Å². The number of likely N-dealkylation sites (tertiary alicyclic amines) is 1. The van der Waals surface area contributed by atoms with Crippen LogP contribution in [-0.4, -0.2) is 47.6 Å². The Balaban J connectivity index is 1.38. The topological polar surface area (TPSA) is 78.9 Å². The lowest BCUT2D eigenvalue weighted by Gasteiger charge is -2.32. The van der Waals surface area contributed by atoms with E-state index in [0.717, 1.165) is 16.9 Å². The van der Waals surface area contributed by atoms with E-state index in [-0.39, 0.29) is 29.2 Å². The lowest BCUT2D eigenvalue weighted by atomic mass is 10.0. The van der Waals surface area contributed by atoms with Gasteiger partial charge in [-0.05, 0) is 56.4 Å². The van der Waals surface area contributed by atoms with Crippen molar-refractivity contribution in [1.29, 1.82) is 0 Å². The first-order chi connectivity index (χ1) is 14.5. The third kappa shape index (κ3) is 5.53. The van der Waals surface area contributed by atoms with Crippen molar-refractivity contribution in [3.05, 3.63) is 59.2 Å². The number of hydrogen-bond donors (Lipinski definition) is 2. The minimum Gasteiger partial charge on any atom is -0.507 e. The summed E-state index contributed by atoms with van der Waals surface area (Å²) in [5, 5.41) is 12.8. The zero-order valence-corrected chi connectivity index (χ0v) is 17.7. The van der Waals surface area contributed by atoms with Gasteiger partial charge in [-0.1, -0.05) is 30.3 Å². The number of phenols is 1. The highest BCUT2D eigenvalue weighted by Crippen LogP contribution is 2.23. The van der Waals surface area contributed by atoms with Crippen LogP contribution in [0.1, 0.15) is 47.2 Å². The van der Waals surface area contributed by atoms with Crippen LogP contribution in [0.3, 0.4) is 0 Å². The molecule has 2 N–H and O–H groups in total. The van der Waals surface area contributed by atoms with Crippen LogP contribution >= 0.6 is 0 Å². The van der Waals surface area contributed by atoms with E-state index in [4.69, 9.17) is 4.74 Å². The lowest BCUT2D eigenvalue weighted by molar-refractivity contribution is -0.132. The van der Waals surface area contributed by atoms with Crippen molar-refractivity contribution in [3.8, 4) is 11.5 Å². The largest absolute Gasteiger partial charge is 0.507 e. The summed E-state index contributed by atoms with van der Waals surface area (Å²) in [6, 6.07) is 12.6. The maximum absolute atomic E-state index is 12.5. The molecule has 2 amide bonds. The van der Waals surface area contributed by atoms with Crippen LogP contribution in [-0.2, 0) is 4.79 Å².